The highest BCUT2D eigenvalue weighted by Gasteiger charge is 2.21. The maximum atomic E-state index is 12.2. The summed E-state index contributed by atoms with van der Waals surface area (Å²) < 4.78 is 5.01. The molecule has 0 saturated carbocycles. The van der Waals surface area contributed by atoms with E-state index in [1.165, 1.54) is 13.8 Å². The van der Waals surface area contributed by atoms with Crippen LogP contribution in [0.25, 0.3) is 0 Å². The summed E-state index contributed by atoms with van der Waals surface area (Å²) in [6, 6.07) is 6.56. The SMILES string of the molecule is CC(=O)c1ccccc1NC(=O)COC(=O)c1[nH]c(C)c(C(C)=O)c1C. The minimum absolute atomic E-state index is 0.143. The van der Waals surface area contributed by atoms with Crippen molar-refractivity contribution in [2.75, 3.05) is 11.9 Å². The Hall–Kier alpha value is -3.22. The number of H-pyrrole nitrogens is 1. The molecule has 1 aromatic heterocycles. The molecule has 7 nitrogen and oxygen atoms in total. The quantitative estimate of drug-likeness (QED) is 0.611. The van der Waals surface area contributed by atoms with Gasteiger partial charge in [-0.1, -0.05) is 12.1 Å². The average molecular weight is 356 g/mol. The molecule has 0 aliphatic rings. The molecule has 0 spiro atoms. The number of nitrogens with one attached hydrogen (secondary N) is 2. The van der Waals surface area contributed by atoms with Crippen LogP contribution in [0.3, 0.4) is 0 Å². The van der Waals surface area contributed by atoms with Crippen molar-refractivity contribution in [2.45, 2.75) is 27.7 Å². The van der Waals surface area contributed by atoms with Gasteiger partial charge in [-0.25, -0.2) is 4.79 Å². The molecule has 26 heavy (non-hydrogen) atoms. The van der Waals surface area contributed by atoms with Gasteiger partial charge in [0, 0.05) is 16.8 Å². The number of aromatic amines is 1. The number of benzene rings is 1. The van der Waals surface area contributed by atoms with E-state index in [4.69, 9.17) is 4.74 Å². The molecule has 136 valence electrons. The van der Waals surface area contributed by atoms with Crippen molar-refractivity contribution in [1.82, 2.24) is 4.98 Å². The van der Waals surface area contributed by atoms with Crippen molar-refractivity contribution in [3.63, 3.8) is 0 Å². The van der Waals surface area contributed by atoms with Crippen LogP contribution in [-0.2, 0) is 9.53 Å². The van der Waals surface area contributed by atoms with Crippen LogP contribution in [-0.4, -0.2) is 35.0 Å². The number of hydrogen-bond acceptors (Lipinski definition) is 5. The van der Waals surface area contributed by atoms with Crippen LogP contribution in [0.15, 0.2) is 24.3 Å². The molecule has 7 heteroatoms. The zero-order chi connectivity index (χ0) is 19.4. The fourth-order valence-corrected chi connectivity index (χ4v) is 2.77. The van der Waals surface area contributed by atoms with Gasteiger partial charge >= 0.3 is 5.97 Å². The number of ether oxygens (including phenoxy) is 1. The Labute approximate surface area is 150 Å². The normalized spacial score (nSPS) is 10.3. The van der Waals surface area contributed by atoms with E-state index in [0.29, 0.717) is 28.1 Å². The van der Waals surface area contributed by atoms with Crippen molar-refractivity contribution in [2.24, 2.45) is 0 Å². The first-order valence-corrected chi connectivity index (χ1v) is 7.99. The molecule has 1 heterocycles. The highest BCUT2D eigenvalue weighted by molar-refractivity contribution is 6.05. The highest BCUT2D eigenvalue weighted by atomic mass is 16.5. The Morgan fingerprint density at radius 1 is 1.04 bits per heavy atom. The standard InChI is InChI=1S/C19H20N2O5/c1-10-17(13(4)23)11(2)20-18(10)19(25)26-9-16(24)21-15-8-6-5-7-14(15)12(3)22/h5-8,20H,9H2,1-4H3,(H,21,24). The Balaban J connectivity index is 2.04. The summed E-state index contributed by atoms with van der Waals surface area (Å²) >= 11 is 0. The third kappa shape index (κ3) is 4.05. The van der Waals surface area contributed by atoms with Crippen molar-refractivity contribution in [1.29, 1.82) is 0 Å². The number of hydrogen-bond donors (Lipinski definition) is 2. The number of ketones is 2. The van der Waals surface area contributed by atoms with E-state index in [9.17, 15) is 19.2 Å². The average Bonchev–Trinajstić information content (AvgIpc) is 2.87. The monoisotopic (exact) mass is 356 g/mol. The van der Waals surface area contributed by atoms with Gasteiger partial charge in [0.15, 0.2) is 18.2 Å². The number of Topliss-reactive ketones (excluding diaryl/α,β-unsaturated/α-hetero) is 2. The number of para-hydroxylation sites is 1. The molecule has 0 atom stereocenters. The molecule has 0 aliphatic carbocycles. The lowest BCUT2D eigenvalue weighted by Gasteiger charge is -2.09. The number of carbonyl (C=O) groups excluding carboxylic acids is 4. The zero-order valence-corrected chi connectivity index (χ0v) is 15.1. The minimum Gasteiger partial charge on any atom is -0.451 e. The fraction of sp³-hybridized carbons (Fsp3) is 0.263. The first-order valence-electron chi connectivity index (χ1n) is 7.99. The molecular weight excluding hydrogens is 336 g/mol. The second kappa shape index (κ2) is 7.77. The van der Waals surface area contributed by atoms with Gasteiger partial charge in [0.2, 0.25) is 0 Å². The van der Waals surface area contributed by atoms with E-state index >= 15 is 0 Å². The summed E-state index contributed by atoms with van der Waals surface area (Å²) in [5.41, 5.74) is 2.37. The summed E-state index contributed by atoms with van der Waals surface area (Å²) in [7, 11) is 0. The van der Waals surface area contributed by atoms with Crippen molar-refractivity contribution in [3.05, 3.63) is 52.3 Å². The number of esters is 1. The van der Waals surface area contributed by atoms with Gasteiger partial charge in [-0.3, -0.25) is 14.4 Å². The molecule has 1 aromatic carbocycles. The molecule has 2 aromatic rings. The molecule has 0 fully saturated rings. The minimum atomic E-state index is -0.729. The number of aryl methyl sites for hydroxylation is 1. The number of carbonyl (C=O) groups is 4. The smallest absolute Gasteiger partial charge is 0.355 e. The second-order valence-corrected chi connectivity index (χ2v) is 5.91. The van der Waals surface area contributed by atoms with Crippen LogP contribution in [0.5, 0.6) is 0 Å². The van der Waals surface area contributed by atoms with E-state index in [-0.39, 0.29) is 17.3 Å². The summed E-state index contributed by atoms with van der Waals surface area (Å²) in [5.74, 6) is -1.64. The van der Waals surface area contributed by atoms with Gasteiger partial charge in [-0.2, -0.15) is 0 Å². The Morgan fingerprint density at radius 2 is 1.69 bits per heavy atom. The largest absolute Gasteiger partial charge is 0.451 e. The molecule has 0 saturated heterocycles. The molecule has 2 rings (SSSR count). The van der Waals surface area contributed by atoms with Crippen LogP contribution in [0, 0.1) is 13.8 Å². The summed E-state index contributed by atoms with van der Waals surface area (Å²) in [5, 5.41) is 2.55. The topological polar surface area (TPSA) is 105 Å². The van der Waals surface area contributed by atoms with Crippen LogP contribution in [0.1, 0.15) is 56.3 Å². The van der Waals surface area contributed by atoms with E-state index < -0.39 is 18.5 Å². The van der Waals surface area contributed by atoms with Crippen LogP contribution in [0.4, 0.5) is 5.69 Å². The number of rotatable bonds is 6. The summed E-state index contributed by atoms with van der Waals surface area (Å²) in [6.07, 6.45) is 0. The first-order chi connectivity index (χ1) is 12.2. The van der Waals surface area contributed by atoms with E-state index in [2.05, 4.69) is 10.3 Å². The molecular formula is C19H20N2O5. The number of amides is 1. The molecule has 0 radical (unpaired) electrons. The molecule has 2 N–H and O–H groups in total. The second-order valence-electron chi connectivity index (χ2n) is 5.91. The maximum absolute atomic E-state index is 12.2. The van der Waals surface area contributed by atoms with Gasteiger partial charge < -0.3 is 15.0 Å². The predicted octanol–water partition coefficient (Wildman–Crippen LogP) is 2.83. The zero-order valence-electron chi connectivity index (χ0n) is 15.1. The van der Waals surface area contributed by atoms with Crippen LogP contribution in [0.2, 0.25) is 0 Å². The van der Waals surface area contributed by atoms with E-state index in [1.807, 2.05) is 0 Å². The van der Waals surface area contributed by atoms with Crippen LogP contribution < -0.4 is 5.32 Å². The maximum Gasteiger partial charge on any atom is 0.355 e. The van der Waals surface area contributed by atoms with Crippen molar-refractivity contribution < 1.29 is 23.9 Å². The molecule has 1 amide bonds. The molecule has 0 unspecified atom stereocenters. The van der Waals surface area contributed by atoms with Crippen molar-refractivity contribution >= 4 is 29.1 Å². The Kier molecular flexibility index (Phi) is 5.71. The Morgan fingerprint density at radius 3 is 2.27 bits per heavy atom. The van der Waals surface area contributed by atoms with Gasteiger partial charge in [0.1, 0.15) is 5.69 Å². The Bertz CT molecular complexity index is 895. The predicted molar refractivity (Wildman–Crippen MR) is 95.6 cm³/mol. The third-order valence-corrected chi connectivity index (χ3v) is 3.91. The van der Waals surface area contributed by atoms with Gasteiger partial charge in [0.05, 0.1) is 5.69 Å². The van der Waals surface area contributed by atoms with Crippen molar-refractivity contribution in [3.8, 4) is 0 Å². The number of anilines is 1. The fourth-order valence-electron chi connectivity index (χ4n) is 2.77. The first kappa shape index (κ1) is 19.1. The van der Waals surface area contributed by atoms with Gasteiger partial charge in [-0.05, 0) is 45.4 Å². The lowest BCUT2D eigenvalue weighted by molar-refractivity contribution is -0.119. The molecule has 0 bridgehead atoms. The highest BCUT2D eigenvalue weighted by Crippen LogP contribution is 2.19. The van der Waals surface area contributed by atoms with E-state index in [0.717, 1.165) is 0 Å². The lowest BCUT2D eigenvalue weighted by atomic mass is 10.1. The number of aromatic nitrogens is 1. The molecule has 0 aliphatic heterocycles. The third-order valence-electron chi connectivity index (χ3n) is 3.91. The van der Waals surface area contributed by atoms with Crippen LogP contribution >= 0.6 is 0 Å². The summed E-state index contributed by atoms with van der Waals surface area (Å²) in [6.45, 7) is 5.62. The van der Waals surface area contributed by atoms with Gasteiger partial charge in [0.25, 0.3) is 5.91 Å². The van der Waals surface area contributed by atoms with Gasteiger partial charge in [-0.15, -0.1) is 0 Å². The lowest BCUT2D eigenvalue weighted by Crippen LogP contribution is -2.22. The summed E-state index contributed by atoms with van der Waals surface area (Å²) in [4.78, 5) is 50.2. The van der Waals surface area contributed by atoms with E-state index in [1.54, 1.807) is 38.1 Å².